The number of hydrogen-bond acceptors (Lipinski definition) is 4. The summed E-state index contributed by atoms with van der Waals surface area (Å²) in [5, 5.41) is 2.91. The SMILES string of the molecule is Cc1cc(OCC(=O)NNC(=O)c2ccc(NC(=O)C3CCCCC3)cc2)ccc1Br. The van der Waals surface area contributed by atoms with Crippen molar-refractivity contribution < 1.29 is 19.1 Å². The number of aryl methyl sites for hydroxylation is 1. The summed E-state index contributed by atoms with van der Waals surface area (Å²) < 4.78 is 6.37. The summed E-state index contributed by atoms with van der Waals surface area (Å²) in [6, 6.07) is 11.9. The van der Waals surface area contributed by atoms with E-state index < -0.39 is 11.8 Å². The lowest BCUT2D eigenvalue weighted by molar-refractivity contribution is -0.124. The number of carbonyl (C=O) groups excluding carboxylic acids is 3. The number of amides is 3. The van der Waals surface area contributed by atoms with E-state index in [1.807, 2.05) is 19.1 Å². The van der Waals surface area contributed by atoms with E-state index in [-0.39, 0.29) is 18.4 Å². The Kier molecular flexibility index (Phi) is 8.06. The van der Waals surface area contributed by atoms with Crippen LogP contribution in [0.5, 0.6) is 5.75 Å². The van der Waals surface area contributed by atoms with Crippen molar-refractivity contribution >= 4 is 39.3 Å². The van der Waals surface area contributed by atoms with Gasteiger partial charge >= 0.3 is 0 Å². The van der Waals surface area contributed by atoms with E-state index in [0.29, 0.717) is 17.0 Å². The number of rotatable bonds is 6. The zero-order chi connectivity index (χ0) is 22.2. The average molecular weight is 488 g/mol. The van der Waals surface area contributed by atoms with Crippen LogP contribution in [0.3, 0.4) is 0 Å². The molecule has 1 aliphatic rings. The van der Waals surface area contributed by atoms with E-state index in [2.05, 4.69) is 32.1 Å². The van der Waals surface area contributed by atoms with Crippen molar-refractivity contribution in [1.29, 1.82) is 0 Å². The number of anilines is 1. The summed E-state index contributed by atoms with van der Waals surface area (Å²) in [5.74, 6) is -0.281. The fraction of sp³-hybridized carbons (Fsp3) is 0.348. The highest BCUT2D eigenvalue weighted by atomic mass is 79.9. The molecule has 31 heavy (non-hydrogen) atoms. The Hall–Kier alpha value is -2.87. The van der Waals surface area contributed by atoms with Gasteiger partial charge in [0.1, 0.15) is 5.75 Å². The molecule has 0 unspecified atom stereocenters. The zero-order valence-electron chi connectivity index (χ0n) is 17.4. The number of hydrogen-bond donors (Lipinski definition) is 3. The molecule has 0 aromatic heterocycles. The van der Waals surface area contributed by atoms with Crippen molar-refractivity contribution in [3.63, 3.8) is 0 Å². The molecule has 1 fully saturated rings. The lowest BCUT2D eigenvalue weighted by Crippen LogP contribution is -2.43. The van der Waals surface area contributed by atoms with Crippen LogP contribution in [0, 0.1) is 12.8 Å². The second kappa shape index (κ2) is 10.9. The number of hydrazine groups is 1. The Morgan fingerprint density at radius 3 is 2.39 bits per heavy atom. The van der Waals surface area contributed by atoms with Crippen LogP contribution in [-0.4, -0.2) is 24.3 Å². The van der Waals surface area contributed by atoms with E-state index in [1.165, 1.54) is 6.42 Å². The quantitative estimate of drug-likeness (QED) is 0.534. The van der Waals surface area contributed by atoms with Crippen molar-refractivity contribution in [2.45, 2.75) is 39.0 Å². The van der Waals surface area contributed by atoms with Gasteiger partial charge in [-0.1, -0.05) is 35.2 Å². The molecule has 0 heterocycles. The molecule has 0 aliphatic heterocycles. The maximum Gasteiger partial charge on any atom is 0.276 e. The van der Waals surface area contributed by atoms with Crippen LogP contribution >= 0.6 is 15.9 Å². The van der Waals surface area contributed by atoms with Crippen molar-refractivity contribution in [3.05, 3.63) is 58.1 Å². The van der Waals surface area contributed by atoms with E-state index in [9.17, 15) is 14.4 Å². The molecule has 3 N–H and O–H groups in total. The molecule has 164 valence electrons. The molecular weight excluding hydrogens is 462 g/mol. The van der Waals surface area contributed by atoms with E-state index in [1.54, 1.807) is 30.3 Å². The fourth-order valence-electron chi connectivity index (χ4n) is 3.40. The molecule has 8 heteroatoms. The maximum atomic E-state index is 12.3. The second-order valence-corrected chi connectivity index (χ2v) is 8.46. The minimum atomic E-state index is -0.481. The second-order valence-electron chi connectivity index (χ2n) is 7.60. The number of ether oxygens (including phenoxy) is 1. The van der Waals surface area contributed by atoms with Gasteiger partial charge in [-0.15, -0.1) is 0 Å². The van der Waals surface area contributed by atoms with Crippen molar-refractivity contribution in [3.8, 4) is 5.75 Å². The normalized spacial score (nSPS) is 13.9. The lowest BCUT2D eigenvalue weighted by Gasteiger charge is -2.20. The monoisotopic (exact) mass is 487 g/mol. The molecule has 0 saturated heterocycles. The molecule has 0 atom stereocenters. The molecule has 3 rings (SSSR count). The van der Waals surface area contributed by atoms with Gasteiger partial charge in [-0.3, -0.25) is 25.2 Å². The largest absolute Gasteiger partial charge is 0.484 e. The van der Waals surface area contributed by atoms with Gasteiger partial charge in [0.05, 0.1) is 0 Å². The van der Waals surface area contributed by atoms with Gasteiger partial charge in [0.2, 0.25) is 5.91 Å². The molecule has 2 aromatic rings. The zero-order valence-corrected chi connectivity index (χ0v) is 19.0. The van der Waals surface area contributed by atoms with E-state index in [0.717, 1.165) is 35.7 Å². The van der Waals surface area contributed by atoms with Crippen molar-refractivity contribution in [2.75, 3.05) is 11.9 Å². The van der Waals surface area contributed by atoms with Gasteiger partial charge in [-0.25, -0.2) is 0 Å². The molecular formula is C23H26BrN3O4. The summed E-state index contributed by atoms with van der Waals surface area (Å²) in [6.07, 6.45) is 5.24. The highest BCUT2D eigenvalue weighted by Gasteiger charge is 2.21. The first-order chi connectivity index (χ1) is 14.9. The predicted octanol–water partition coefficient (Wildman–Crippen LogP) is 4.12. The Labute approximate surface area is 190 Å². The van der Waals surface area contributed by atoms with Crippen molar-refractivity contribution in [2.24, 2.45) is 5.92 Å². The smallest absolute Gasteiger partial charge is 0.276 e. The third-order valence-electron chi connectivity index (χ3n) is 5.21. The third kappa shape index (κ3) is 6.82. The van der Waals surface area contributed by atoms with Crippen LogP contribution in [0.4, 0.5) is 5.69 Å². The highest BCUT2D eigenvalue weighted by Crippen LogP contribution is 2.25. The summed E-state index contributed by atoms with van der Waals surface area (Å²) in [4.78, 5) is 36.5. The molecule has 1 saturated carbocycles. The highest BCUT2D eigenvalue weighted by molar-refractivity contribution is 9.10. The maximum absolute atomic E-state index is 12.3. The lowest BCUT2D eigenvalue weighted by atomic mass is 9.88. The first-order valence-electron chi connectivity index (χ1n) is 10.3. The van der Waals surface area contributed by atoms with Crippen LogP contribution in [-0.2, 0) is 9.59 Å². The molecule has 0 bridgehead atoms. The number of carbonyl (C=O) groups is 3. The average Bonchev–Trinajstić information content (AvgIpc) is 2.79. The third-order valence-corrected chi connectivity index (χ3v) is 6.10. The number of halogens is 1. The molecule has 0 radical (unpaired) electrons. The first kappa shape index (κ1) is 22.8. The molecule has 3 amide bonds. The predicted molar refractivity (Wildman–Crippen MR) is 122 cm³/mol. The number of benzene rings is 2. The van der Waals surface area contributed by atoms with E-state index in [4.69, 9.17) is 4.74 Å². The van der Waals surface area contributed by atoms with Crippen molar-refractivity contribution in [1.82, 2.24) is 10.9 Å². The Bertz CT molecular complexity index is 940. The first-order valence-corrected chi connectivity index (χ1v) is 11.1. The van der Waals surface area contributed by atoms with Gasteiger partial charge in [-0.2, -0.15) is 0 Å². The minimum Gasteiger partial charge on any atom is -0.484 e. The van der Waals surface area contributed by atoms with Gasteiger partial charge in [0.15, 0.2) is 6.61 Å². The Balaban J connectivity index is 1.42. The van der Waals surface area contributed by atoms with Gasteiger partial charge in [0, 0.05) is 21.6 Å². The Morgan fingerprint density at radius 2 is 1.71 bits per heavy atom. The van der Waals surface area contributed by atoms with Crippen LogP contribution in [0.25, 0.3) is 0 Å². The summed E-state index contributed by atoms with van der Waals surface area (Å²) in [5.41, 5.74) is 6.68. The van der Waals surface area contributed by atoms with Gasteiger partial charge < -0.3 is 10.1 Å². The van der Waals surface area contributed by atoms with Crippen LogP contribution in [0.15, 0.2) is 46.9 Å². The number of nitrogens with one attached hydrogen (secondary N) is 3. The van der Waals surface area contributed by atoms with Gasteiger partial charge in [-0.05, 0) is 67.8 Å². The summed E-state index contributed by atoms with van der Waals surface area (Å²) in [6.45, 7) is 1.69. The molecule has 0 spiro atoms. The minimum absolute atomic E-state index is 0.0325. The standard InChI is InChI=1S/C23H26BrN3O4/c1-15-13-19(11-12-20(15)24)31-14-21(28)26-27-23(30)17-7-9-18(10-8-17)25-22(29)16-5-3-2-4-6-16/h7-13,16H,2-6,14H2,1H3,(H,25,29)(H,26,28)(H,27,30). The molecule has 1 aliphatic carbocycles. The van der Waals surface area contributed by atoms with Gasteiger partial charge in [0.25, 0.3) is 11.8 Å². The van der Waals surface area contributed by atoms with Crippen LogP contribution < -0.4 is 20.9 Å². The summed E-state index contributed by atoms with van der Waals surface area (Å²) >= 11 is 3.40. The Morgan fingerprint density at radius 1 is 1.00 bits per heavy atom. The topological polar surface area (TPSA) is 96.5 Å². The van der Waals surface area contributed by atoms with Crippen LogP contribution in [0.2, 0.25) is 0 Å². The molecule has 2 aromatic carbocycles. The fourth-order valence-corrected chi connectivity index (χ4v) is 3.65. The molecule has 7 nitrogen and oxygen atoms in total. The summed E-state index contributed by atoms with van der Waals surface area (Å²) in [7, 11) is 0. The van der Waals surface area contributed by atoms with E-state index >= 15 is 0 Å². The van der Waals surface area contributed by atoms with Crippen LogP contribution in [0.1, 0.15) is 48.0 Å².